The molecule has 0 aliphatic heterocycles. The average molecular weight is 679 g/mol. The second kappa shape index (κ2) is 24.1. The summed E-state index contributed by atoms with van der Waals surface area (Å²) in [5, 5.41) is 7.40. The number of carbonyl (C=O) groups is 2. The fourth-order valence-corrected chi connectivity index (χ4v) is 6.80. The van der Waals surface area contributed by atoms with Crippen LogP contribution in [0.25, 0.3) is 32.0 Å². The minimum atomic E-state index is -0.628. The average Bonchev–Trinajstić information content (AvgIpc) is 3.13. The molecule has 0 bridgehead atoms. The molecule has 0 fully saturated rings. The molecular weight excluding hydrogens is 621 g/mol. The van der Waals surface area contributed by atoms with E-state index in [1.54, 1.807) is 24.3 Å². The number of carbonyl (C=O) groups excluding carboxylic acids is 2. The van der Waals surface area contributed by atoms with Crippen molar-refractivity contribution in [2.75, 3.05) is 0 Å². The normalized spacial score (nSPS) is 13.1. The standard InChI is InChI=1S/C42H58N6O2/c1-3-5-7-9-11-13-15-17-19-21-23-33-25-29-35(30-26-33)37-39(45-47-43)42(50)38(40(41(37)49)46-48-44)36-31-27-34(28-32-36)24-22-20-18-16-14-12-10-8-6-4-2/h25-32H,3-24H2,1-2H3. The molecule has 8 nitrogen and oxygen atoms in total. The highest BCUT2D eigenvalue weighted by atomic mass is 16.1. The summed E-state index contributed by atoms with van der Waals surface area (Å²) >= 11 is 0. The summed E-state index contributed by atoms with van der Waals surface area (Å²) in [6, 6.07) is 14.9. The van der Waals surface area contributed by atoms with Crippen LogP contribution in [-0.2, 0) is 22.4 Å². The van der Waals surface area contributed by atoms with E-state index >= 15 is 0 Å². The van der Waals surface area contributed by atoms with Gasteiger partial charge < -0.3 is 0 Å². The van der Waals surface area contributed by atoms with Crippen molar-refractivity contribution < 1.29 is 9.59 Å². The van der Waals surface area contributed by atoms with Crippen molar-refractivity contribution in [2.24, 2.45) is 10.2 Å². The van der Waals surface area contributed by atoms with E-state index in [1.165, 1.54) is 116 Å². The first kappa shape index (κ1) is 40.3. The summed E-state index contributed by atoms with van der Waals surface area (Å²) in [5.41, 5.74) is 21.3. The Kier molecular flexibility index (Phi) is 19.4. The number of ketones is 2. The third-order valence-electron chi connectivity index (χ3n) is 9.77. The van der Waals surface area contributed by atoms with E-state index in [4.69, 9.17) is 0 Å². The molecule has 268 valence electrons. The Morgan fingerprint density at radius 1 is 0.440 bits per heavy atom. The summed E-state index contributed by atoms with van der Waals surface area (Å²) in [5.74, 6) is -1.26. The first-order valence-corrected chi connectivity index (χ1v) is 19.4. The van der Waals surface area contributed by atoms with E-state index in [1.807, 2.05) is 24.3 Å². The second-order valence-corrected chi connectivity index (χ2v) is 13.7. The van der Waals surface area contributed by atoms with Crippen molar-refractivity contribution in [1.29, 1.82) is 0 Å². The number of hydrogen-bond acceptors (Lipinski definition) is 4. The zero-order chi connectivity index (χ0) is 35.8. The van der Waals surface area contributed by atoms with Crippen LogP contribution in [0.5, 0.6) is 0 Å². The summed E-state index contributed by atoms with van der Waals surface area (Å²) in [7, 11) is 0. The maximum absolute atomic E-state index is 13.9. The van der Waals surface area contributed by atoms with Crippen molar-refractivity contribution in [3.8, 4) is 0 Å². The Labute approximate surface area is 300 Å². The lowest BCUT2D eigenvalue weighted by molar-refractivity contribution is -0.113. The van der Waals surface area contributed by atoms with Crippen molar-refractivity contribution in [1.82, 2.24) is 0 Å². The van der Waals surface area contributed by atoms with Gasteiger partial charge in [0.1, 0.15) is 0 Å². The number of azide groups is 2. The molecule has 0 heterocycles. The van der Waals surface area contributed by atoms with Crippen LogP contribution in [0.1, 0.15) is 165 Å². The number of allylic oxidation sites excluding steroid dienone is 2. The highest BCUT2D eigenvalue weighted by Gasteiger charge is 2.35. The molecule has 3 rings (SSSR count). The Bertz CT molecular complexity index is 1390. The van der Waals surface area contributed by atoms with Crippen molar-refractivity contribution in [2.45, 2.75) is 155 Å². The molecule has 2 aromatic rings. The van der Waals surface area contributed by atoms with Crippen LogP contribution in [0.4, 0.5) is 0 Å². The second-order valence-electron chi connectivity index (χ2n) is 13.7. The van der Waals surface area contributed by atoms with Gasteiger partial charge in [-0.25, -0.2) is 0 Å². The smallest absolute Gasteiger partial charge is 0.197 e. The number of benzene rings is 2. The predicted molar refractivity (Wildman–Crippen MR) is 206 cm³/mol. The van der Waals surface area contributed by atoms with Crippen LogP contribution >= 0.6 is 0 Å². The third kappa shape index (κ3) is 13.3. The summed E-state index contributed by atoms with van der Waals surface area (Å²) in [6.07, 6.45) is 27.4. The fraction of sp³-hybridized carbons (Fsp3) is 0.571. The van der Waals surface area contributed by atoms with Crippen LogP contribution < -0.4 is 0 Å². The number of hydrogen-bond donors (Lipinski definition) is 0. The summed E-state index contributed by atoms with van der Waals surface area (Å²) in [6.45, 7) is 4.49. The maximum atomic E-state index is 13.9. The van der Waals surface area contributed by atoms with Gasteiger partial charge in [-0.05, 0) is 59.0 Å². The van der Waals surface area contributed by atoms with Crippen molar-refractivity contribution in [3.63, 3.8) is 0 Å². The van der Waals surface area contributed by atoms with Gasteiger partial charge in [-0.15, -0.1) is 0 Å². The lowest BCUT2D eigenvalue weighted by Crippen LogP contribution is -2.21. The highest BCUT2D eigenvalue weighted by molar-refractivity contribution is 6.47. The van der Waals surface area contributed by atoms with Crippen LogP contribution in [0.3, 0.4) is 0 Å². The monoisotopic (exact) mass is 678 g/mol. The Hall–Kier alpha value is -4.12. The van der Waals surface area contributed by atoms with E-state index in [9.17, 15) is 20.7 Å². The topological polar surface area (TPSA) is 132 Å². The van der Waals surface area contributed by atoms with Gasteiger partial charge in [-0.3, -0.25) is 9.59 Å². The fourth-order valence-electron chi connectivity index (χ4n) is 6.80. The Morgan fingerprint density at radius 2 is 0.720 bits per heavy atom. The van der Waals surface area contributed by atoms with E-state index < -0.39 is 11.6 Å². The quantitative estimate of drug-likeness (QED) is 0.0322. The van der Waals surface area contributed by atoms with E-state index in [-0.39, 0.29) is 22.5 Å². The predicted octanol–water partition coefficient (Wildman–Crippen LogP) is 13.5. The molecule has 0 atom stereocenters. The molecule has 1 aliphatic rings. The van der Waals surface area contributed by atoms with Gasteiger partial charge in [0.15, 0.2) is 11.6 Å². The third-order valence-corrected chi connectivity index (χ3v) is 9.77. The molecule has 0 aromatic heterocycles. The highest BCUT2D eigenvalue weighted by Crippen LogP contribution is 2.37. The van der Waals surface area contributed by atoms with Crippen LogP contribution in [0.2, 0.25) is 0 Å². The maximum Gasteiger partial charge on any atom is 0.197 e. The largest absolute Gasteiger partial charge is 0.289 e. The first-order chi connectivity index (χ1) is 24.5. The van der Waals surface area contributed by atoms with Gasteiger partial charge in [0.25, 0.3) is 0 Å². The van der Waals surface area contributed by atoms with Gasteiger partial charge in [0, 0.05) is 21.0 Å². The molecular formula is C42H58N6O2. The van der Waals surface area contributed by atoms with Crippen molar-refractivity contribution in [3.05, 3.63) is 103 Å². The molecule has 8 heteroatoms. The Morgan fingerprint density at radius 3 is 1.00 bits per heavy atom. The molecule has 0 N–H and O–H groups in total. The molecule has 2 aromatic carbocycles. The van der Waals surface area contributed by atoms with E-state index in [0.717, 1.165) is 36.8 Å². The number of Topliss-reactive ketones (excluding diaryl/α,β-unsaturated/α-hetero) is 2. The Balaban J connectivity index is 1.61. The van der Waals surface area contributed by atoms with Gasteiger partial charge in [0.05, 0.1) is 11.4 Å². The molecule has 0 radical (unpaired) electrons. The van der Waals surface area contributed by atoms with Crippen LogP contribution in [-0.4, -0.2) is 11.6 Å². The zero-order valence-corrected chi connectivity index (χ0v) is 30.7. The van der Waals surface area contributed by atoms with Gasteiger partial charge >= 0.3 is 0 Å². The molecule has 50 heavy (non-hydrogen) atoms. The number of nitrogens with zero attached hydrogens (tertiary/aromatic N) is 6. The summed E-state index contributed by atoms with van der Waals surface area (Å²) < 4.78 is 0. The molecule has 1 aliphatic carbocycles. The SMILES string of the molecule is CCCCCCCCCCCCc1ccc(C2=C(N=[N+]=[N-])C(=O)C(c3ccc(CCCCCCCCCCCC)cc3)=C(N=[N+]=[N-])C2=O)cc1. The minimum absolute atomic E-state index is 0.0398. The lowest BCUT2D eigenvalue weighted by atomic mass is 9.84. The van der Waals surface area contributed by atoms with Crippen molar-refractivity contribution >= 4 is 22.7 Å². The number of unbranched alkanes of at least 4 members (excludes halogenated alkanes) is 18. The zero-order valence-electron chi connectivity index (χ0n) is 30.7. The van der Waals surface area contributed by atoms with Crippen LogP contribution in [0.15, 0.2) is 70.2 Å². The minimum Gasteiger partial charge on any atom is -0.289 e. The van der Waals surface area contributed by atoms with Gasteiger partial charge in [-0.2, -0.15) is 0 Å². The molecule has 0 spiro atoms. The lowest BCUT2D eigenvalue weighted by Gasteiger charge is -2.20. The van der Waals surface area contributed by atoms with Gasteiger partial charge in [-0.1, -0.05) is 188 Å². The number of aryl methyl sites for hydroxylation is 2. The first-order valence-electron chi connectivity index (χ1n) is 19.4. The number of rotatable bonds is 26. The molecule has 0 unspecified atom stereocenters. The molecule has 0 saturated heterocycles. The van der Waals surface area contributed by atoms with E-state index in [0.29, 0.717) is 11.1 Å². The molecule has 0 saturated carbocycles. The summed E-state index contributed by atoms with van der Waals surface area (Å²) in [4.78, 5) is 33.5. The van der Waals surface area contributed by atoms with Crippen LogP contribution in [0, 0.1) is 0 Å². The molecule has 0 amide bonds. The van der Waals surface area contributed by atoms with E-state index in [2.05, 4.69) is 33.9 Å². The van der Waals surface area contributed by atoms with Gasteiger partial charge in [0.2, 0.25) is 0 Å².